The number of rotatable bonds is 4. The van der Waals surface area contributed by atoms with E-state index in [1.165, 1.54) is 50.7 Å². The van der Waals surface area contributed by atoms with Gasteiger partial charge in [0.1, 0.15) is 0 Å². The van der Waals surface area contributed by atoms with E-state index in [-0.39, 0.29) is 0 Å². The highest BCUT2D eigenvalue weighted by atomic mass is 19.2. The smallest absolute Gasteiger partial charge is 0.159 e. The average Bonchev–Trinajstić information content (AvgIpc) is 2.63. The summed E-state index contributed by atoms with van der Waals surface area (Å²) in [6, 6.07) is 4.82. The molecule has 1 aromatic rings. The fourth-order valence-corrected chi connectivity index (χ4v) is 5.07. The van der Waals surface area contributed by atoms with Crippen LogP contribution in [0.4, 0.5) is 8.78 Å². The highest BCUT2D eigenvalue weighted by molar-refractivity contribution is 5.22. The van der Waals surface area contributed by atoms with Gasteiger partial charge in [0.15, 0.2) is 11.6 Å². The third-order valence-corrected chi connectivity index (χ3v) is 6.75. The standard InChI is InChI=1S/C21H31F2N/c1-2-21(24)17-9-7-15(8-10-17)14-3-5-16(6-4-14)18-11-12-19(22)20(23)13-18/h11-17,21H,2-10,24H2,1H3. The molecule has 1 atom stereocenters. The van der Waals surface area contributed by atoms with Gasteiger partial charge in [0.25, 0.3) is 0 Å². The van der Waals surface area contributed by atoms with Crippen LogP contribution in [0.3, 0.4) is 0 Å². The van der Waals surface area contributed by atoms with E-state index in [0.717, 1.165) is 42.6 Å². The van der Waals surface area contributed by atoms with Crippen LogP contribution in [-0.2, 0) is 0 Å². The summed E-state index contributed by atoms with van der Waals surface area (Å²) in [7, 11) is 0. The third-order valence-electron chi connectivity index (χ3n) is 6.75. The maximum absolute atomic E-state index is 13.4. The maximum atomic E-state index is 13.4. The zero-order valence-electron chi connectivity index (χ0n) is 14.8. The molecule has 0 amide bonds. The van der Waals surface area contributed by atoms with E-state index in [1.807, 2.05) is 0 Å². The highest BCUT2D eigenvalue weighted by Gasteiger charge is 2.32. The molecule has 0 aliphatic heterocycles. The quantitative estimate of drug-likeness (QED) is 0.741. The molecule has 3 rings (SSSR count). The largest absolute Gasteiger partial charge is 0.327 e. The molecule has 2 saturated carbocycles. The van der Waals surface area contributed by atoms with Crippen LogP contribution in [0.2, 0.25) is 0 Å². The van der Waals surface area contributed by atoms with Gasteiger partial charge in [0.2, 0.25) is 0 Å². The molecule has 0 heterocycles. The van der Waals surface area contributed by atoms with Crippen molar-refractivity contribution in [2.75, 3.05) is 0 Å². The van der Waals surface area contributed by atoms with Crippen LogP contribution in [0.5, 0.6) is 0 Å². The lowest BCUT2D eigenvalue weighted by Crippen LogP contribution is -2.34. The monoisotopic (exact) mass is 335 g/mol. The van der Waals surface area contributed by atoms with Crippen LogP contribution in [0.1, 0.15) is 76.2 Å². The maximum Gasteiger partial charge on any atom is 0.159 e. The Kier molecular flexibility index (Phi) is 5.91. The van der Waals surface area contributed by atoms with Gasteiger partial charge in [-0.15, -0.1) is 0 Å². The van der Waals surface area contributed by atoms with Crippen molar-refractivity contribution in [1.29, 1.82) is 0 Å². The summed E-state index contributed by atoms with van der Waals surface area (Å²) in [5.74, 6) is 1.36. The molecule has 0 radical (unpaired) electrons. The van der Waals surface area contributed by atoms with Gasteiger partial charge in [-0.3, -0.25) is 0 Å². The fraction of sp³-hybridized carbons (Fsp3) is 0.714. The minimum Gasteiger partial charge on any atom is -0.327 e. The van der Waals surface area contributed by atoms with E-state index in [0.29, 0.717) is 12.0 Å². The summed E-state index contributed by atoms with van der Waals surface area (Å²) in [4.78, 5) is 0. The van der Waals surface area contributed by atoms with Crippen molar-refractivity contribution in [3.05, 3.63) is 35.4 Å². The highest BCUT2D eigenvalue weighted by Crippen LogP contribution is 2.44. The molecule has 1 nitrogen and oxygen atoms in total. The van der Waals surface area contributed by atoms with Gasteiger partial charge in [-0.2, -0.15) is 0 Å². The molecule has 2 aliphatic carbocycles. The van der Waals surface area contributed by atoms with Gasteiger partial charge in [-0.25, -0.2) is 8.78 Å². The first-order valence-electron chi connectivity index (χ1n) is 9.79. The summed E-state index contributed by atoms with van der Waals surface area (Å²) in [5.41, 5.74) is 7.20. The second-order valence-electron chi connectivity index (χ2n) is 8.03. The van der Waals surface area contributed by atoms with Crippen LogP contribution in [-0.4, -0.2) is 6.04 Å². The Bertz CT molecular complexity index is 529. The summed E-state index contributed by atoms with van der Waals surface area (Å²) >= 11 is 0. The molecule has 0 aromatic heterocycles. The van der Waals surface area contributed by atoms with Gasteiger partial charge in [0, 0.05) is 6.04 Å². The molecule has 2 aliphatic rings. The van der Waals surface area contributed by atoms with Crippen molar-refractivity contribution in [2.45, 2.75) is 76.7 Å². The van der Waals surface area contributed by atoms with Gasteiger partial charge in [-0.1, -0.05) is 13.0 Å². The first kappa shape index (κ1) is 17.8. The predicted octanol–water partition coefficient (Wildman–Crippen LogP) is 5.78. The first-order valence-corrected chi connectivity index (χ1v) is 9.79. The van der Waals surface area contributed by atoms with Crippen LogP contribution >= 0.6 is 0 Å². The lowest BCUT2D eigenvalue weighted by Gasteiger charge is -2.39. The van der Waals surface area contributed by atoms with Crippen LogP contribution in [0.25, 0.3) is 0 Å². The Morgan fingerprint density at radius 2 is 1.50 bits per heavy atom. The lowest BCUT2D eigenvalue weighted by molar-refractivity contribution is 0.149. The molecule has 1 unspecified atom stereocenters. The third kappa shape index (κ3) is 3.99. The molecule has 134 valence electrons. The van der Waals surface area contributed by atoms with E-state index in [4.69, 9.17) is 5.73 Å². The number of nitrogens with two attached hydrogens (primary N) is 1. The minimum atomic E-state index is -0.741. The van der Waals surface area contributed by atoms with Crippen LogP contribution in [0.15, 0.2) is 18.2 Å². The van der Waals surface area contributed by atoms with Crippen molar-refractivity contribution in [3.8, 4) is 0 Å². The number of hydrogen-bond donors (Lipinski definition) is 1. The molecule has 0 saturated heterocycles. The van der Waals surface area contributed by atoms with E-state index in [9.17, 15) is 8.78 Å². The van der Waals surface area contributed by atoms with Gasteiger partial charge < -0.3 is 5.73 Å². The van der Waals surface area contributed by atoms with E-state index < -0.39 is 11.6 Å². The molecule has 2 fully saturated rings. The normalized spacial score (nSPS) is 32.5. The van der Waals surface area contributed by atoms with Gasteiger partial charge in [-0.05, 0) is 99.2 Å². The van der Waals surface area contributed by atoms with Crippen molar-refractivity contribution < 1.29 is 8.78 Å². The molecule has 24 heavy (non-hydrogen) atoms. The molecule has 0 spiro atoms. The molecular weight excluding hydrogens is 304 g/mol. The Hall–Kier alpha value is -0.960. The molecular formula is C21H31F2N. The average molecular weight is 335 g/mol. The van der Waals surface area contributed by atoms with Crippen LogP contribution < -0.4 is 5.73 Å². The Morgan fingerprint density at radius 1 is 0.917 bits per heavy atom. The van der Waals surface area contributed by atoms with E-state index in [2.05, 4.69) is 6.92 Å². The molecule has 3 heteroatoms. The van der Waals surface area contributed by atoms with Gasteiger partial charge >= 0.3 is 0 Å². The first-order chi connectivity index (χ1) is 11.6. The SMILES string of the molecule is CCC(N)C1CCC(C2CCC(c3ccc(F)c(F)c3)CC2)CC1. The van der Waals surface area contributed by atoms with E-state index in [1.54, 1.807) is 6.07 Å². The predicted molar refractivity (Wildman–Crippen MR) is 94.8 cm³/mol. The molecule has 1 aromatic carbocycles. The van der Waals surface area contributed by atoms with Crippen molar-refractivity contribution >= 4 is 0 Å². The Labute approximate surface area is 145 Å². The summed E-state index contributed by atoms with van der Waals surface area (Å²) in [6.07, 6.45) is 11.0. The second-order valence-corrected chi connectivity index (χ2v) is 8.03. The summed E-state index contributed by atoms with van der Waals surface area (Å²) in [6.45, 7) is 2.19. The molecule has 0 bridgehead atoms. The zero-order valence-corrected chi connectivity index (χ0v) is 14.8. The van der Waals surface area contributed by atoms with Gasteiger partial charge in [0.05, 0.1) is 0 Å². The second kappa shape index (κ2) is 7.95. The van der Waals surface area contributed by atoms with Crippen molar-refractivity contribution in [1.82, 2.24) is 0 Å². The van der Waals surface area contributed by atoms with Crippen molar-refractivity contribution in [2.24, 2.45) is 23.5 Å². The number of halogens is 2. The molecule has 2 N–H and O–H groups in total. The fourth-order valence-electron chi connectivity index (χ4n) is 5.07. The lowest BCUT2D eigenvalue weighted by atomic mass is 9.67. The zero-order chi connectivity index (χ0) is 17.1. The van der Waals surface area contributed by atoms with Crippen molar-refractivity contribution in [3.63, 3.8) is 0 Å². The number of hydrogen-bond acceptors (Lipinski definition) is 1. The topological polar surface area (TPSA) is 26.0 Å². The Morgan fingerprint density at radius 3 is 2.04 bits per heavy atom. The van der Waals surface area contributed by atoms with E-state index >= 15 is 0 Å². The summed E-state index contributed by atoms with van der Waals surface area (Å²) < 4.78 is 26.5. The Balaban J connectivity index is 1.50. The van der Waals surface area contributed by atoms with Crippen LogP contribution in [0, 0.1) is 29.4 Å². The number of benzene rings is 1. The summed E-state index contributed by atoms with van der Waals surface area (Å²) in [5, 5.41) is 0. The minimum absolute atomic E-state index is 0.384.